The standard InChI is InChI=1S/C27H33ClN2O7S/c1-16(2)26(30-24(32)12-18-11-20(36-3)9-10-23(18)37-4)27(35)29-21(13-25(33)34)22(31)15-38-14-17-5-7-19(28)8-6-17/h5-11,16,21,26H,12-15H2,1-4H3,(H,29,35)(H,30,32)(H,33,34)/t21?,26-/m0/s1. The minimum absolute atomic E-state index is 0.00912. The van der Waals surface area contributed by atoms with Gasteiger partial charge in [-0.25, -0.2) is 0 Å². The molecule has 2 atom stereocenters. The number of benzene rings is 2. The smallest absolute Gasteiger partial charge is 0.305 e. The molecule has 0 aliphatic heterocycles. The van der Waals surface area contributed by atoms with E-state index in [-0.39, 0.29) is 18.1 Å². The first kappa shape index (κ1) is 31.0. The van der Waals surface area contributed by atoms with Gasteiger partial charge in [-0.05, 0) is 41.8 Å². The number of carbonyl (C=O) groups is 4. The zero-order chi connectivity index (χ0) is 28.2. The molecule has 0 aliphatic rings. The highest BCUT2D eigenvalue weighted by atomic mass is 35.5. The number of aliphatic carboxylic acids is 1. The predicted octanol–water partition coefficient (Wildman–Crippen LogP) is 3.50. The molecule has 2 aromatic carbocycles. The zero-order valence-corrected chi connectivity index (χ0v) is 23.4. The van der Waals surface area contributed by atoms with E-state index in [1.165, 1.54) is 26.0 Å². The molecule has 38 heavy (non-hydrogen) atoms. The van der Waals surface area contributed by atoms with Crippen LogP contribution in [0.5, 0.6) is 11.5 Å². The van der Waals surface area contributed by atoms with E-state index in [9.17, 15) is 24.3 Å². The predicted molar refractivity (Wildman–Crippen MR) is 147 cm³/mol. The number of nitrogens with one attached hydrogen (secondary N) is 2. The number of carbonyl (C=O) groups excluding carboxylic acids is 3. The Morgan fingerprint density at radius 1 is 1.00 bits per heavy atom. The van der Waals surface area contributed by atoms with Crippen LogP contribution in [0.2, 0.25) is 5.02 Å². The molecule has 0 aliphatic carbocycles. The lowest BCUT2D eigenvalue weighted by Crippen LogP contribution is -2.54. The third-order valence-electron chi connectivity index (χ3n) is 5.61. The Labute approximate surface area is 231 Å². The van der Waals surface area contributed by atoms with Crippen LogP contribution in [0.25, 0.3) is 0 Å². The highest BCUT2D eigenvalue weighted by Crippen LogP contribution is 2.24. The van der Waals surface area contributed by atoms with Crippen LogP contribution < -0.4 is 20.1 Å². The second-order valence-corrected chi connectivity index (χ2v) is 10.3. The third-order valence-corrected chi connectivity index (χ3v) is 6.89. The molecule has 2 aromatic rings. The van der Waals surface area contributed by atoms with Gasteiger partial charge in [0.15, 0.2) is 5.78 Å². The molecule has 3 N–H and O–H groups in total. The maximum atomic E-state index is 13.1. The Bertz CT molecular complexity index is 1120. The van der Waals surface area contributed by atoms with E-state index in [0.717, 1.165) is 5.56 Å². The molecule has 0 fully saturated rings. The summed E-state index contributed by atoms with van der Waals surface area (Å²) in [6, 6.07) is 10.0. The average molecular weight is 565 g/mol. The molecule has 0 radical (unpaired) electrons. The van der Waals surface area contributed by atoms with Crippen LogP contribution in [0.1, 0.15) is 31.4 Å². The van der Waals surface area contributed by atoms with Gasteiger partial charge in [0.25, 0.3) is 0 Å². The molecule has 0 heterocycles. The number of thioether (sulfide) groups is 1. The molecule has 0 bridgehead atoms. The number of ether oxygens (including phenoxy) is 2. The van der Waals surface area contributed by atoms with Crippen LogP contribution in [0.3, 0.4) is 0 Å². The number of halogens is 1. The van der Waals surface area contributed by atoms with E-state index in [4.69, 9.17) is 21.1 Å². The SMILES string of the molecule is COc1ccc(OC)c(CC(=O)N[C@H](C(=O)NC(CC(=O)O)C(=O)CSCc2ccc(Cl)cc2)C(C)C)c1. The summed E-state index contributed by atoms with van der Waals surface area (Å²) in [4.78, 5) is 50.1. The van der Waals surface area contributed by atoms with Crippen molar-refractivity contribution < 1.29 is 33.8 Å². The van der Waals surface area contributed by atoms with Crippen molar-refractivity contribution in [1.29, 1.82) is 0 Å². The summed E-state index contributed by atoms with van der Waals surface area (Å²) in [5.41, 5.74) is 1.53. The molecule has 206 valence electrons. The molecule has 11 heteroatoms. The maximum Gasteiger partial charge on any atom is 0.305 e. The second kappa shape index (κ2) is 15.2. The van der Waals surface area contributed by atoms with Crippen molar-refractivity contribution in [1.82, 2.24) is 10.6 Å². The number of carboxylic acids is 1. The van der Waals surface area contributed by atoms with E-state index in [0.29, 0.717) is 27.8 Å². The average Bonchev–Trinajstić information content (AvgIpc) is 2.87. The highest BCUT2D eigenvalue weighted by Gasteiger charge is 2.30. The van der Waals surface area contributed by atoms with Gasteiger partial charge in [0.2, 0.25) is 11.8 Å². The lowest BCUT2D eigenvalue weighted by Gasteiger charge is -2.25. The number of hydrogen-bond donors (Lipinski definition) is 3. The molecule has 0 spiro atoms. The van der Waals surface area contributed by atoms with Gasteiger partial charge < -0.3 is 25.2 Å². The van der Waals surface area contributed by atoms with Gasteiger partial charge in [0.05, 0.1) is 38.9 Å². The summed E-state index contributed by atoms with van der Waals surface area (Å²) >= 11 is 7.19. The summed E-state index contributed by atoms with van der Waals surface area (Å²) in [5, 5.41) is 15.1. The Kier molecular flexibility index (Phi) is 12.4. The molecule has 2 rings (SSSR count). The van der Waals surface area contributed by atoms with Gasteiger partial charge in [-0.15, -0.1) is 11.8 Å². The topological polar surface area (TPSA) is 131 Å². The largest absolute Gasteiger partial charge is 0.497 e. The normalized spacial score (nSPS) is 12.4. The van der Waals surface area contributed by atoms with Crippen molar-refractivity contribution in [2.75, 3.05) is 20.0 Å². The van der Waals surface area contributed by atoms with Crippen molar-refractivity contribution in [2.45, 2.75) is 44.5 Å². The van der Waals surface area contributed by atoms with Crippen molar-refractivity contribution >= 4 is 46.9 Å². The molecule has 2 amide bonds. The van der Waals surface area contributed by atoms with Crippen LogP contribution >= 0.6 is 23.4 Å². The summed E-state index contributed by atoms with van der Waals surface area (Å²) in [6.45, 7) is 3.49. The number of ketones is 1. The highest BCUT2D eigenvalue weighted by molar-refractivity contribution is 7.99. The summed E-state index contributed by atoms with van der Waals surface area (Å²) in [6.07, 6.45) is -0.637. The summed E-state index contributed by atoms with van der Waals surface area (Å²) in [5.74, 6) is -1.46. The van der Waals surface area contributed by atoms with Gasteiger partial charge in [0.1, 0.15) is 17.5 Å². The van der Waals surface area contributed by atoms with Crippen LogP contribution in [0.4, 0.5) is 0 Å². The van der Waals surface area contributed by atoms with E-state index < -0.39 is 42.1 Å². The first-order valence-electron chi connectivity index (χ1n) is 11.9. The van der Waals surface area contributed by atoms with E-state index >= 15 is 0 Å². The number of amides is 2. The number of rotatable bonds is 15. The lowest BCUT2D eigenvalue weighted by atomic mass is 10.0. The number of carboxylic acid groups (broad SMARTS) is 1. The first-order chi connectivity index (χ1) is 18.0. The zero-order valence-electron chi connectivity index (χ0n) is 21.8. The summed E-state index contributed by atoms with van der Waals surface area (Å²) in [7, 11) is 3.00. The number of hydrogen-bond acceptors (Lipinski definition) is 7. The Morgan fingerprint density at radius 2 is 1.68 bits per heavy atom. The van der Waals surface area contributed by atoms with Crippen molar-refractivity contribution in [3.63, 3.8) is 0 Å². The first-order valence-corrected chi connectivity index (χ1v) is 13.4. The van der Waals surface area contributed by atoms with E-state index in [1.807, 2.05) is 12.1 Å². The van der Waals surface area contributed by atoms with Crippen LogP contribution in [-0.2, 0) is 31.4 Å². The maximum absolute atomic E-state index is 13.1. The summed E-state index contributed by atoms with van der Waals surface area (Å²) < 4.78 is 10.5. The van der Waals surface area contributed by atoms with Crippen LogP contribution in [0.15, 0.2) is 42.5 Å². The van der Waals surface area contributed by atoms with E-state index in [2.05, 4.69) is 10.6 Å². The van der Waals surface area contributed by atoms with Gasteiger partial charge in [-0.1, -0.05) is 37.6 Å². The monoisotopic (exact) mass is 564 g/mol. The number of methoxy groups -OCH3 is 2. The molecule has 0 saturated carbocycles. The van der Waals surface area contributed by atoms with Gasteiger partial charge in [-0.3, -0.25) is 19.2 Å². The second-order valence-electron chi connectivity index (χ2n) is 8.89. The van der Waals surface area contributed by atoms with Gasteiger partial charge in [0, 0.05) is 16.3 Å². The van der Waals surface area contributed by atoms with E-state index in [1.54, 1.807) is 44.2 Å². The fraction of sp³-hybridized carbons (Fsp3) is 0.407. The molecular formula is C27H33ClN2O7S. The lowest BCUT2D eigenvalue weighted by molar-refractivity contribution is -0.140. The minimum Gasteiger partial charge on any atom is -0.497 e. The molecule has 1 unspecified atom stereocenters. The van der Waals surface area contributed by atoms with Gasteiger partial charge in [-0.2, -0.15) is 0 Å². The quantitative estimate of drug-likeness (QED) is 0.299. The number of Topliss-reactive ketones (excluding diaryl/α,β-unsaturated/α-hetero) is 1. The molecule has 9 nitrogen and oxygen atoms in total. The van der Waals surface area contributed by atoms with Gasteiger partial charge >= 0.3 is 5.97 Å². The fourth-order valence-corrected chi connectivity index (χ4v) is 4.64. The van der Waals surface area contributed by atoms with Crippen molar-refractivity contribution in [3.05, 3.63) is 58.6 Å². The Hall–Kier alpha value is -3.24. The minimum atomic E-state index is -1.23. The molecular weight excluding hydrogens is 532 g/mol. The van der Waals surface area contributed by atoms with Crippen molar-refractivity contribution in [2.24, 2.45) is 5.92 Å². The molecule has 0 saturated heterocycles. The van der Waals surface area contributed by atoms with Crippen LogP contribution in [0, 0.1) is 5.92 Å². The third kappa shape index (κ3) is 9.90. The molecule has 0 aromatic heterocycles. The Morgan fingerprint density at radius 3 is 2.26 bits per heavy atom. The van der Waals surface area contributed by atoms with Crippen molar-refractivity contribution in [3.8, 4) is 11.5 Å². The fourth-order valence-electron chi connectivity index (χ4n) is 3.58. The van der Waals surface area contributed by atoms with Crippen LogP contribution in [-0.4, -0.2) is 60.7 Å². The Balaban J connectivity index is 2.04.